The van der Waals surface area contributed by atoms with Crippen molar-refractivity contribution in [2.45, 2.75) is 25.2 Å². The first-order chi connectivity index (χ1) is 10.0. The third kappa shape index (κ3) is 3.89. The molecule has 0 unspecified atom stereocenters. The molecule has 1 aliphatic carbocycles. The summed E-state index contributed by atoms with van der Waals surface area (Å²) in [6, 6.07) is 6.67. The van der Waals surface area contributed by atoms with Gasteiger partial charge in [0.25, 0.3) is 0 Å². The lowest BCUT2D eigenvalue weighted by Gasteiger charge is -2.35. The maximum atomic E-state index is 12.4. The fourth-order valence-corrected chi connectivity index (χ4v) is 3.05. The Morgan fingerprint density at radius 2 is 1.90 bits per heavy atom. The second-order valence-corrected chi connectivity index (χ2v) is 5.69. The number of alkyl halides is 3. The average molecular weight is 300 g/mol. The third-order valence-electron chi connectivity index (χ3n) is 4.05. The van der Waals surface area contributed by atoms with Crippen molar-refractivity contribution in [2.24, 2.45) is 5.92 Å². The number of rotatable bonds is 4. The van der Waals surface area contributed by atoms with Crippen LogP contribution in [0.15, 0.2) is 24.3 Å². The molecule has 0 amide bonds. The predicted octanol–water partition coefficient (Wildman–Crippen LogP) is 2.94. The van der Waals surface area contributed by atoms with Gasteiger partial charge in [-0.05, 0) is 36.5 Å². The van der Waals surface area contributed by atoms with Gasteiger partial charge in [0, 0.05) is 32.2 Å². The van der Waals surface area contributed by atoms with E-state index in [1.54, 1.807) is 12.1 Å². The highest BCUT2D eigenvalue weighted by Crippen LogP contribution is 2.45. The summed E-state index contributed by atoms with van der Waals surface area (Å²) < 4.78 is 41.1. The normalized spacial score (nSPS) is 22.0. The average Bonchev–Trinajstić information content (AvgIpc) is 3.23. The van der Waals surface area contributed by atoms with Gasteiger partial charge in [-0.15, -0.1) is 13.2 Å². The van der Waals surface area contributed by atoms with Crippen molar-refractivity contribution in [2.75, 3.05) is 26.2 Å². The molecule has 3 rings (SSSR count). The standard InChI is InChI=1S/C15H19F3N2O/c16-15(17,18)21-13-3-1-2-12(10-13)14(11-4-5-11)20-8-6-19-7-9-20/h1-3,10-11,14,19H,4-9H2/t14-/m1/s1. The quantitative estimate of drug-likeness (QED) is 0.925. The van der Waals surface area contributed by atoms with Crippen molar-refractivity contribution in [3.05, 3.63) is 29.8 Å². The van der Waals surface area contributed by atoms with Crippen molar-refractivity contribution < 1.29 is 17.9 Å². The molecule has 116 valence electrons. The Morgan fingerprint density at radius 3 is 2.52 bits per heavy atom. The van der Waals surface area contributed by atoms with Crippen LogP contribution in [0.4, 0.5) is 13.2 Å². The summed E-state index contributed by atoms with van der Waals surface area (Å²) in [6.45, 7) is 3.74. The number of nitrogens with one attached hydrogen (secondary N) is 1. The number of halogens is 3. The Balaban J connectivity index is 1.80. The highest BCUT2D eigenvalue weighted by Gasteiger charge is 2.37. The molecule has 1 heterocycles. The van der Waals surface area contributed by atoms with Crippen molar-refractivity contribution in [1.29, 1.82) is 0 Å². The molecular weight excluding hydrogens is 281 g/mol. The molecule has 0 radical (unpaired) electrons. The molecule has 0 bridgehead atoms. The second kappa shape index (κ2) is 5.85. The van der Waals surface area contributed by atoms with Crippen molar-refractivity contribution >= 4 is 0 Å². The van der Waals surface area contributed by atoms with E-state index in [4.69, 9.17) is 0 Å². The van der Waals surface area contributed by atoms with Gasteiger partial charge in [-0.25, -0.2) is 0 Å². The Morgan fingerprint density at radius 1 is 1.19 bits per heavy atom. The molecule has 1 atom stereocenters. The molecule has 0 spiro atoms. The fraction of sp³-hybridized carbons (Fsp3) is 0.600. The molecule has 1 aromatic carbocycles. The van der Waals surface area contributed by atoms with Crippen molar-refractivity contribution in [1.82, 2.24) is 10.2 Å². The smallest absolute Gasteiger partial charge is 0.406 e. The Bertz CT molecular complexity index is 482. The Kier molecular flexibility index (Phi) is 4.08. The highest BCUT2D eigenvalue weighted by molar-refractivity contribution is 5.32. The molecule has 1 aromatic rings. The lowest BCUT2D eigenvalue weighted by Crippen LogP contribution is -2.45. The summed E-state index contributed by atoms with van der Waals surface area (Å²) in [4.78, 5) is 2.38. The van der Waals surface area contributed by atoms with Crippen LogP contribution in [0.2, 0.25) is 0 Å². The van der Waals surface area contributed by atoms with Crippen LogP contribution in [0, 0.1) is 5.92 Å². The summed E-state index contributed by atoms with van der Waals surface area (Å²) in [5, 5.41) is 3.31. The molecule has 0 aromatic heterocycles. The van der Waals surface area contributed by atoms with E-state index < -0.39 is 6.36 Å². The van der Waals surface area contributed by atoms with Gasteiger partial charge >= 0.3 is 6.36 Å². The molecule has 3 nitrogen and oxygen atoms in total. The topological polar surface area (TPSA) is 24.5 Å². The van der Waals surface area contributed by atoms with Crippen LogP contribution in [-0.2, 0) is 0 Å². The van der Waals surface area contributed by atoms with Gasteiger partial charge in [0.1, 0.15) is 5.75 Å². The maximum Gasteiger partial charge on any atom is 0.573 e. The molecule has 2 fully saturated rings. The third-order valence-corrected chi connectivity index (χ3v) is 4.05. The first kappa shape index (κ1) is 14.7. The number of hydrogen-bond donors (Lipinski definition) is 1. The molecule has 1 N–H and O–H groups in total. The SMILES string of the molecule is FC(F)(F)Oc1cccc([C@@H](C2CC2)N2CCNCC2)c1. The largest absolute Gasteiger partial charge is 0.573 e. The molecule has 2 aliphatic rings. The van der Waals surface area contributed by atoms with E-state index in [0.29, 0.717) is 5.92 Å². The van der Waals surface area contributed by atoms with E-state index in [1.165, 1.54) is 6.07 Å². The first-order valence-corrected chi connectivity index (χ1v) is 7.33. The number of nitrogens with zero attached hydrogens (tertiary/aromatic N) is 1. The second-order valence-electron chi connectivity index (χ2n) is 5.69. The summed E-state index contributed by atoms with van der Waals surface area (Å²) in [7, 11) is 0. The minimum atomic E-state index is -4.64. The maximum absolute atomic E-state index is 12.4. The molecule has 1 saturated heterocycles. The van der Waals surface area contributed by atoms with Crippen LogP contribution >= 0.6 is 0 Å². The summed E-state index contributed by atoms with van der Waals surface area (Å²) in [5.41, 5.74) is 0.932. The van der Waals surface area contributed by atoms with Gasteiger partial charge in [-0.1, -0.05) is 12.1 Å². The zero-order chi connectivity index (χ0) is 14.9. The fourth-order valence-electron chi connectivity index (χ4n) is 3.05. The van der Waals surface area contributed by atoms with Gasteiger partial charge in [0.05, 0.1) is 0 Å². The van der Waals surface area contributed by atoms with Gasteiger partial charge in [-0.3, -0.25) is 4.90 Å². The summed E-state index contributed by atoms with van der Waals surface area (Å²) in [6.07, 6.45) is -2.33. The molecule has 21 heavy (non-hydrogen) atoms. The zero-order valence-electron chi connectivity index (χ0n) is 11.7. The van der Waals surface area contributed by atoms with Crippen LogP contribution in [0.5, 0.6) is 5.75 Å². The van der Waals surface area contributed by atoms with E-state index in [9.17, 15) is 13.2 Å². The van der Waals surface area contributed by atoms with Gasteiger partial charge < -0.3 is 10.1 Å². The molecule has 1 aliphatic heterocycles. The first-order valence-electron chi connectivity index (χ1n) is 7.33. The molecule has 1 saturated carbocycles. The van der Waals surface area contributed by atoms with Crippen LogP contribution < -0.4 is 10.1 Å². The number of piperazine rings is 1. The zero-order valence-corrected chi connectivity index (χ0v) is 11.7. The summed E-state index contributed by atoms with van der Waals surface area (Å²) in [5.74, 6) is 0.435. The molecule has 6 heteroatoms. The number of benzene rings is 1. The lowest BCUT2D eigenvalue weighted by atomic mass is 9.99. The Labute approximate surface area is 122 Å². The van der Waals surface area contributed by atoms with Crippen molar-refractivity contribution in [3.63, 3.8) is 0 Å². The number of ether oxygens (including phenoxy) is 1. The van der Waals surface area contributed by atoms with Gasteiger partial charge in [0.2, 0.25) is 0 Å². The van der Waals surface area contributed by atoms with E-state index in [0.717, 1.165) is 44.6 Å². The van der Waals surface area contributed by atoms with Crippen LogP contribution in [0.25, 0.3) is 0 Å². The Hall–Kier alpha value is -1.27. The minimum absolute atomic E-state index is 0.124. The lowest BCUT2D eigenvalue weighted by molar-refractivity contribution is -0.274. The van der Waals surface area contributed by atoms with Crippen LogP contribution in [0.3, 0.4) is 0 Å². The number of hydrogen-bond acceptors (Lipinski definition) is 3. The van der Waals surface area contributed by atoms with Crippen molar-refractivity contribution in [3.8, 4) is 5.75 Å². The van der Waals surface area contributed by atoms with E-state index in [2.05, 4.69) is 15.0 Å². The van der Waals surface area contributed by atoms with E-state index in [-0.39, 0.29) is 11.8 Å². The summed E-state index contributed by atoms with van der Waals surface area (Å²) >= 11 is 0. The monoisotopic (exact) mass is 300 g/mol. The molecular formula is C15H19F3N2O. The van der Waals surface area contributed by atoms with E-state index >= 15 is 0 Å². The van der Waals surface area contributed by atoms with Gasteiger partial charge in [0.15, 0.2) is 0 Å². The van der Waals surface area contributed by atoms with Crippen LogP contribution in [-0.4, -0.2) is 37.4 Å². The predicted molar refractivity (Wildman–Crippen MR) is 73.0 cm³/mol. The van der Waals surface area contributed by atoms with Crippen LogP contribution in [0.1, 0.15) is 24.4 Å². The van der Waals surface area contributed by atoms with Gasteiger partial charge in [-0.2, -0.15) is 0 Å². The highest BCUT2D eigenvalue weighted by atomic mass is 19.4. The van der Waals surface area contributed by atoms with E-state index in [1.807, 2.05) is 6.07 Å². The minimum Gasteiger partial charge on any atom is -0.406 e.